The Labute approximate surface area is 115 Å². The van der Waals surface area contributed by atoms with Crippen LogP contribution in [0.5, 0.6) is 0 Å². The van der Waals surface area contributed by atoms with Gasteiger partial charge >= 0.3 is 0 Å². The number of pyridine rings is 1. The Morgan fingerprint density at radius 3 is 3.00 bits per heavy atom. The molecule has 96 valence electrons. The lowest BCUT2D eigenvalue weighted by Gasteiger charge is -2.01. The number of carbonyl (C=O) groups is 1. The quantitative estimate of drug-likeness (QED) is 0.829. The second-order valence-electron chi connectivity index (χ2n) is 3.67. The van der Waals surface area contributed by atoms with Gasteiger partial charge in [0.25, 0.3) is 5.91 Å². The van der Waals surface area contributed by atoms with E-state index in [9.17, 15) is 4.79 Å². The number of rotatable bonds is 3. The number of nitrogens with two attached hydrogens (primary N) is 1. The monoisotopic (exact) mass is 271 g/mol. The molecule has 0 aliphatic carbocycles. The summed E-state index contributed by atoms with van der Waals surface area (Å²) in [6.07, 6.45) is 1.60. The highest BCUT2D eigenvalue weighted by Crippen LogP contribution is 2.15. The van der Waals surface area contributed by atoms with Crippen molar-refractivity contribution in [2.24, 2.45) is 5.73 Å². The first-order valence-electron chi connectivity index (χ1n) is 5.76. The fourth-order valence-electron chi connectivity index (χ4n) is 1.43. The summed E-state index contributed by atoms with van der Waals surface area (Å²) in [6, 6.07) is 9.12. The smallest absolute Gasteiger partial charge is 0.270 e. The van der Waals surface area contributed by atoms with Gasteiger partial charge in [0.1, 0.15) is 5.69 Å². The third kappa shape index (κ3) is 3.91. The molecule has 2 aromatic rings. The minimum Gasteiger partial charge on any atom is -0.346 e. The van der Waals surface area contributed by atoms with Crippen molar-refractivity contribution in [1.82, 2.24) is 10.3 Å². The summed E-state index contributed by atoms with van der Waals surface area (Å²) in [6.45, 7) is 0.827. The van der Waals surface area contributed by atoms with Crippen molar-refractivity contribution >= 4 is 17.2 Å². The molecule has 1 amide bonds. The molecule has 0 aliphatic heterocycles. The van der Waals surface area contributed by atoms with Crippen LogP contribution in [0.3, 0.4) is 0 Å². The van der Waals surface area contributed by atoms with Crippen LogP contribution in [0.1, 0.15) is 20.2 Å². The van der Waals surface area contributed by atoms with Crippen molar-refractivity contribution in [1.29, 1.82) is 0 Å². The van der Waals surface area contributed by atoms with Gasteiger partial charge in [0.2, 0.25) is 0 Å². The number of nitrogens with one attached hydrogen (secondary N) is 1. The van der Waals surface area contributed by atoms with E-state index in [0.29, 0.717) is 18.8 Å². The average molecular weight is 271 g/mol. The van der Waals surface area contributed by atoms with E-state index in [4.69, 9.17) is 5.73 Å². The molecule has 0 unspecified atom stereocenters. The minimum absolute atomic E-state index is 0.177. The SMILES string of the molecule is NCC#Cc1ccc(CNC(=O)c2ccccn2)s1. The molecule has 0 saturated carbocycles. The molecule has 0 radical (unpaired) electrons. The standard InChI is InChI=1S/C14H13N3OS/c15-8-3-4-11-6-7-12(19-11)10-17-14(18)13-5-1-2-9-16-13/h1-2,5-7,9H,8,10,15H2,(H,17,18). The molecule has 5 heteroatoms. The van der Waals surface area contributed by atoms with Crippen molar-refractivity contribution in [3.63, 3.8) is 0 Å². The summed E-state index contributed by atoms with van der Waals surface area (Å²) in [4.78, 5) is 17.8. The third-order valence-corrected chi connectivity index (χ3v) is 3.30. The highest BCUT2D eigenvalue weighted by Gasteiger charge is 2.06. The van der Waals surface area contributed by atoms with Crippen LogP contribution < -0.4 is 11.1 Å². The zero-order valence-corrected chi connectivity index (χ0v) is 11.0. The van der Waals surface area contributed by atoms with Crippen LogP contribution in [0.4, 0.5) is 0 Å². The Kier molecular flexibility index (Phi) is 4.67. The Balaban J connectivity index is 1.92. The van der Waals surface area contributed by atoms with Crippen LogP contribution in [-0.4, -0.2) is 17.4 Å². The second-order valence-corrected chi connectivity index (χ2v) is 4.84. The van der Waals surface area contributed by atoms with Crippen LogP contribution in [0.2, 0.25) is 0 Å². The van der Waals surface area contributed by atoms with Crippen LogP contribution in [0.15, 0.2) is 36.5 Å². The molecule has 0 saturated heterocycles. The van der Waals surface area contributed by atoms with Crippen molar-refractivity contribution in [2.45, 2.75) is 6.54 Å². The Morgan fingerprint density at radius 1 is 1.37 bits per heavy atom. The lowest BCUT2D eigenvalue weighted by Crippen LogP contribution is -2.23. The largest absolute Gasteiger partial charge is 0.346 e. The molecule has 0 spiro atoms. The zero-order chi connectivity index (χ0) is 13.5. The van der Waals surface area contributed by atoms with Crippen LogP contribution in [-0.2, 0) is 6.54 Å². The first-order chi connectivity index (χ1) is 9.29. The molecule has 0 fully saturated rings. The Morgan fingerprint density at radius 2 is 2.26 bits per heavy atom. The van der Waals surface area contributed by atoms with E-state index in [1.54, 1.807) is 35.7 Å². The molecule has 2 aromatic heterocycles. The summed E-state index contributed by atoms with van der Waals surface area (Å²) in [7, 11) is 0. The van der Waals surface area contributed by atoms with E-state index in [1.165, 1.54) is 0 Å². The van der Waals surface area contributed by atoms with E-state index in [2.05, 4.69) is 22.1 Å². The molecule has 2 heterocycles. The van der Waals surface area contributed by atoms with Crippen molar-refractivity contribution in [2.75, 3.05) is 6.54 Å². The van der Waals surface area contributed by atoms with Crippen molar-refractivity contribution in [3.05, 3.63) is 52.0 Å². The van der Waals surface area contributed by atoms with E-state index < -0.39 is 0 Å². The summed E-state index contributed by atoms with van der Waals surface area (Å²) in [5, 5.41) is 2.82. The first-order valence-corrected chi connectivity index (χ1v) is 6.58. The van der Waals surface area contributed by atoms with Gasteiger partial charge in [0.05, 0.1) is 18.0 Å². The van der Waals surface area contributed by atoms with E-state index in [-0.39, 0.29) is 5.91 Å². The van der Waals surface area contributed by atoms with Gasteiger partial charge in [-0.25, -0.2) is 0 Å². The van der Waals surface area contributed by atoms with Crippen LogP contribution >= 0.6 is 11.3 Å². The maximum atomic E-state index is 11.8. The minimum atomic E-state index is -0.177. The Hall–Kier alpha value is -2.16. The summed E-state index contributed by atoms with van der Waals surface area (Å²) < 4.78 is 0. The van der Waals surface area contributed by atoms with Gasteiger partial charge in [0, 0.05) is 11.1 Å². The second kappa shape index (κ2) is 6.69. The van der Waals surface area contributed by atoms with Gasteiger partial charge in [-0.2, -0.15) is 0 Å². The molecule has 0 bridgehead atoms. The predicted octanol–water partition coefficient (Wildman–Crippen LogP) is 1.38. The van der Waals surface area contributed by atoms with E-state index in [1.807, 2.05) is 12.1 Å². The predicted molar refractivity (Wildman–Crippen MR) is 75.7 cm³/mol. The summed E-state index contributed by atoms with van der Waals surface area (Å²) >= 11 is 1.55. The maximum Gasteiger partial charge on any atom is 0.270 e. The number of aromatic nitrogens is 1. The first kappa shape index (κ1) is 13.3. The fourth-order valence-corrected chi connectivity index (χ4v) is 2.26. The number of carbonyl (C=O) groups excluding carboxylic acids is 1. The molecule has 0 aromatic carbocycles. The molecule has 0 aliphatic rings. The lowest BCUT2D eigenvalue weighted by atomic mass is 10.3. The summed E-state index contributed by atoms with van der Waals surface area (Å²) in [5.74, 6) is 5.58. The molecular formula is C14H13N3OS. The van der Waals surface area contributed by atoms with E-state index in [0.717, 1.165) is 9.75 Å². The van der Waals surface area contributed by atoms with Crippen LogP contribution in [0.25, 0.3) is 0 Å². The molecule has 0 atom stereocenters. The molecular weight excluding hydrogens is 258 g/mol. The van der Waals surface area contributed by atoms with Gasteiger partial charge in [-0.1, -0.05) is 17.9 Å². The zero-order valence-electron chi connectivity index (χ0n) is 10.2. The van der Waals surface area contributed by atoms with Gasteiger partial charge in [0.15, 0.2) is 0 Å². The molecule has 2 rings (SSSR count). The van der Waals surface area contributed by atoms with Crippen molar-refractivity contribution in [3.8, 4) is 11.8 Å². The summed E-state index contributed by atoms with van der Waals surface area (Å²) in [5.41, 5.74) is 5.73. The number of nitrogens with zero attached hydrogens (tertiary/aromatic N) is 1. The normalized spacial score (nSPS) is 9.53. The average Bonchev–Trinajstić information content (AvgIpc) is 2.91. The third-order valence-electron chi connectivity index (χ3n) is 2.30. The number of hydrogen-bond acceptors (Lipinski definition) is 4. The maximum absolute atomic E-state index is 11.8. The highest BCUT2D eigenvalue weighted by molar-refractivity contribution is 7.12. The fraction of sp³-hybridized carbons (Fsp3) is 0.143. The topological polar surface area (TPSA) is 68.0 Å². The molecule has 4 nitrogen and oxygen atoms in total. The Bertz CT molecular complexity index is 610. The van der Waals surface area contributed by atoms with Gasteiger partial charge in [-0.15, -0.1) is 11.3 Å². The number of amides is 1. The number of thiophene rings is 1. The highest BCUT2D eigenvalue weighted by atomic mass is 32.1. The van der Waals surface area contributed by atoms with Gasteiger partial charge in [-0.05, 0) is 24.3 Å². The van der Waals surface area contributed by atoms with Crippen molar-refractivity contribution < 1.29 is 4.79 Å². The lowest BCUT2D eigenvalue weighted by molar-refractivity contribution is 0.0946. The van der Waals surface area contributed by atoms with Gasteiger partial charge < -0.3 is 11.1 Å². The van der Waals surface area contributed by atoms with Gasteiger partial charge in [-0.3, -0.25) is 9.78 Å². The molecule has 3 N–H and O–H groups in total. The van der Waals surface area contributed by atoms with E-state index >= 15 is 0 Å². The molecule has 19 heavy (non-hydrogen) atoms. The number of hydrogen-bond donors (Lipinski definition) is 2. The van der Waals surface area contributed by atoms with Crippen LogP contribution in [0, 0.1) is 11.8 Å².